The zero-order chi connectivity index (χ0) is 19.6. The Morgan fingerprint density at radius 2 is 1.93 bits per heavy atom. The molecule has 150 valence electrons. The predicted molar refractivity (Wildman–Crippen MR) is 105 cm³/mol. The molecule has 0 radical (unpaired) electrons. The first-order valence-electron chi connectivity index (χ1n) is 9.81. The van der Waals surface area contributed by atoms with Gasteiger partial charge in [0.05, 0.1) is 23.7 Å². The van der Waals surface area contributed by atoms with E-state index in [-0.39, 0.29) is 17.7 Å². The van der Waals surface area contributed by atoms with Gasteiger partial charge < -0.3 is 4.90 Å². The summed E-state index contributed by atoms with van der Waals surface area (Å²) >= 11 is 0. The Labute approximate surface area is 162 Å². The molecule has 0 saturated carbocycles. The van der Waals surface area contributed by atoms with Crippen molar-refractivity contribution in [1.29, 1.82) is 0 Å². The molecular formula is C20H24F3N5. The van der Waals surface area contributed by atoms with Gasteiger partial charge in [0.2, 0.25) is 0 Å². The molecule has 0 spiro atoms. The van der Waals surface area contributed by atoms with E-state index in [0.717, 1.165) is 25.7 Å². The maximum absolute atomic E-state index is 13.6. The molecule has 2 atom stereocenters. The van der Waals surface area contributed by atoms with Crippen molar-refractivity contribution in [2.75, 3.05) is 26.2 Å². The second-order valence-corrected chi connectivity index (χ2v) is 7.41. The van der Waals surface area contributed by atoms with E-state index in [4.69, 9.17) is 0 Å². The van der Waals surface area contributed by atoms with Crippen LogP contribution in [0.5, 0.6) is 0 Å². The highest BCUT2D eigenvalue weighted by Gasteiger charge is 2.43. The lowest BCUT2D eigenvalue weighted by atomic mass is 9.89. The summed E-state index contributed by atoms with van der Waals surface area (Å²) in [5, 5.41) is 6.35. The van der Waals surface area contributed by atoms with E-state index in [1.807, 2.05) is 5.01 Å². The zero-order valence-electron chi connectivity index (χ0n) is 15.6. The number of nitrogens with zero attached hydrogens (tertiary/aromatic N) is 5. The summed E-state index contributed by atoms with van der Waals surface area (Å²) in [6.45, 7) is 3.80. The Morgan fingerprint density at radius 3 is 2.71 bits per heavy atom. The summed E-state index contributed by atoms with van der Waals surface area (Å²) in [5.41, 5.74) is -0.117. The van der Waals surface area contributed by atoms with Crippen molar-refractivity contribution in [3.8, 4) is 0 Å². The maximum atomic E-state index is 13.6. The standard InChI is InChI=1S/C20H24F3N5/c21-20(22,23)17-8-4-1-3-7-15(17)18-16-13-26-28(19(16)25-14-24-18)12-11-27-9-5-2-6-10-27/h1,4,7-8,13-14,16,19H,2-3,5-6,9-12H2. The van der Waals surface area contributed by atoms with Crippen LogP contribution in [0.2, 0.25) is 0 Å². The van der Waals surface area contributed by atoms with Gasteiger partial charge in [-0.25, -0.2) is 9.98 Å². The lowest BCUT2D eigenvalue weighted by molar-refractivity contribution is -0.0888. The molecule has 1 aliphatic carbocycles. The Hall–Kier alpha value is -2.22. The van der Waals surface area contributed by atoms with Crippen molar-refractivity contribution < 1.29 is 13.2 Å². The topological polar surface area (TPSA) is 43.6 Å². The van der Waals surface area contributed by atoms with E-state index in [1.165, 1.54) is 31.7 Å². The number of hydrazone groups is 1. The van der Waals surface area contributed by atoms with Crippen LogP contribution < -0.4 is 0 Å². The molecule has 4 aliphatic rings. The number of fused-ring (bicyclic) bond motifs is 1. The lowest BCUT2D eigenvalue weighted by Crippen LogP contribution is -2.42. The van der Waals surface area contributed by atoms with Crippen LogP contribution in [0.3, 0.4) is 0 Å². The summed E-state index contributed by atoms with van der Waals surface area (Å²) < 4.78 is 40.8. The molecule has 5 nitrogen and oxygen atoms in total. The van der Waals surface area contributed by atoms with Gasteiger partial charge in [0.1, 0.15) is 6.34 Å². The molecule has 3 heterocycles. The highest BCUT2D eigenvalue weighted by atomic mass is 19.4. The minimum absolute atomic E-state index is 0.142. The number of aliphatic imine (C=N–C) groups is 2. The second kappa shape index (κ2) is 8.03. The third-order valence-corrected chi connectivity index (χ3v) is 5.56. The maximum Gasteiger partial charge on any atom is 0.417 e. The fourth-order valence-corrected chi connectivity index (χ4v) is 4.10. The minimum Gasteiger partial charge on any atom is -0.302 e. The molecule has 0 aromatic carbocycles. The van der Waals surface area contributed by atoms with Crippen molar-refractivity contribution in [3.05, 3.63) is 35.5 Å². The summed E-state index contributed by atoms with van der Waals surface area (Å²) in [4.78, 5) is 11.1. The lowest BCUT2D eigenvalue weighted by Gasteiger charge is -2.31. The molecule has 4 rings (SSSR count). The van der Waals surface area contributed by atoms with E-state index in [1.54, 1.807) is 18.4 Å². The van der Waals surface area contributed by atoms with E-state index < -0.39 is 11.7 Å². The molecule has 2 unspecified atom stereocenters. The molecule has 1 fully saturated rings. The van der Waals surface area contributed by atoms with E-state index >= 15 is 0 Å². The number of hydrogen-bond donors (Lipinski definition) is 0. The van der Waals surface area contributed by atoms with Crippen LogP contribution in [0, 0.1) is 5.92 Å². The smallest absolute Gasteiger partial charge is 0.302 e. The summed E-state index contributed by atoms with van der Waals surface area (Å²) in [7, 11) is 0. The van der Waals surface area contributed by atoms with Crippen molar-refractivity contribution in [2.24, 2.45) is 21.0 Å². The van der Waals surface area contributed by atoms with Crippen LogP contribution in [0.25, 0.3) is 0 Å². The van der Waals surface area contributed by atoms with Crippen molar-refractivity contribution in [2.45, 2.75) is 38.0 Å². The van der Waals surface area contributed by atoms with E-state index in [9.17, 15) is 13.2 Å². The Kier molecular flexibility index (Phi) is 5.48. The van der Waals surface area contributed by atoms with Gasteiger partial charge in [-0.05, 0) is 38.4 Å². The third-order valence-electron chi connectivity index (χ3n) is 5.56. The fourth-order valence-electron chi connectivity index (χ4n) is 4.10. The first-order chi connectivity index (χ1) is 13.5. The molecule has 3 aliphatic heterocycles. The van der Waals surface area contributed by atoms with Gasteiger partial charge in [0.15, 0.2) is 6.17 Å². The van der Waals surface area contributed by atoms with Crippen molar-refractivity contribution >= 4 is 18.3 Å². The second-order valence-electron chi connectivity index (χ2n) is 7.41. The first kappa shape index (κ1) is 19.1. The molecule has 0 aromatic heterocycles. The summed E-state index contributed by atoms with van der Waals surface area (Å²) in [6.07, 6.45) is 8.38. The number of allylic oxidation sites excluding steroid dienone is 6. The SMILES string of the molecule is FC(F)(F)C1=CC=CCC=C1C1=NC=NC2C1C=NN2CCN1CCCCC1. The van der Waals surface area contributed by atoms with Gasteiger partial charge in [0.25, 0.3) is 0 Å². The summed E-state index contributed by atoms with van der Waals surface area (Å²) in [5.74, 6) is -0.360. The number of alkyl halides is 3. The third kappa shape index (κ3) is 3.97. The Morgan fingerprint density at radius 1 is 1.11 bits per heavy atom. The first-order valence-corrected chi connectivity index (χ1v) is 9.81. The van der Waals surface area contributed by atoms with Gasteiger partial charge in [-0.2, -0.15) is 18.3 Å². The molecular weight excluding hydrogens is 367 g/mol. The molecule has 0 N–H and O–H groups in total. The zero-order valence-corrected chi connectivity index (χ0v) is 15.6. The largest absolute Gasteiger partial charge is 0.417 e. The molecule has 28 heavy (non-hydrogen) atoms. The van der Waals surface area contributed by atoms with Gasteiger partial charge in [0, 0.05) is 18.3 Å². The van der Waals surface area contributed by atoms with Crippen molar-refractivity contribution in [3.63, 3.8) is 0 Å². The fraction of sp³-hybridized carbons (Fsp3) is 0.550. The van der Waals surface area contributed by atoms with Crippen molar-refractivity contribution in [1.82, 2.24) is 9.91 Å². The normalized spacial score (nSPS) is 28.0. The average molecular weight is 391 g/mol. The van der Waals surface area contributed by atoms with Gasteiger partial charge in [-0.1, -0.05) is 24.6 Å². The van der Waals surface area contributed by atoms with Gasteiger partial charge in [-0.3, -0.25) is 5.01 Å². The van der Waals surface area contributed by atoms with Crippen LogP contribution in [0.4, 0.5) is 13.2 Å². The van der Waals surface area contributed by atoms with Crippen LogP contribution in [-0.2, 0) is 0 Å². The van der Waals surface area contributed by atoms with E-state index in [2.05, 4.69) is 20.0 Å². The molecule has 0 aromatic rings. The average Bonchev–Trinajstić information content (AvgIpc) is 2.93. The number of likely N-dealkylation sites (tertiary alicyclic amines) is 1. The number of rotatable bonds is 4. The van der Waals surface area contributed by atoms with Crippen LogP contribution in [0.15, 0.2) is 50.5 Å². The highest BCUT2D eigenvalue weighted by Crippen LogP contribution is 2.37. The van der Waals surface area contributed by atoms with Gasteiger partial charge >= 0.3 is 6.18 Å². The van der Waals surface area contributed by atoms with Crippen LogP contribution in [0.1, 0.15) is 25.7 Å². The monoisotopic (exact) mass is 391 g/mol. The Bertz CT molecular complexity index is 769. The highest BCUT2D eigenvalue weighted by molar-refractivity contribution is 6.16. The van der Waals surface area contributed by atoms with E-state index in [0.29, 0.717) is 18.7 Å². The molecule has 0 bridgehead atoms. The predicted octanol–water partition coefficient (Wildman–Crippen LogP) is 3.57. The quantitative estimate of drug-likeness (QED) is 0.735. The minimum atomic E-state index is -4.43. The van der Waals surface area contributed by atoms with Gasteiger partial charge in [-0.15, -0.1) is 0 Å². The number of halogens is 3. The summed E-state index contributed by atoms with van der Waals surface area (Å²) in [6, 6.07) is 0. The van der Waals surface area contributed by atoms with Crippen LogP contribution >= 0.6 is 0 Å². The molecule has 8 heteroatoms. The number of piperidine rings is 1. The van der Waals surface area contributed by atoms with Crippen LogP contribution in [-0.4, -0.2) is 66.7 Å². The Balaban J connectivity index is 1.49. The molecule has 0 amide bonds. The molecule has 1 saturated heterocycles. The number of hydrogen-bond acceptors (Lipinski definition) is 5.